The lowest BCUT2D eigenvalue weighted by Gasteiger charge is -2.19. The first-order chi connectivity index (χ1) is 14.6. The molecule has 0 bridgehead atoms. The van der Waals surface area contributed by atoms with Crippen LogP contribution in [-0.4, -0.2) is 33.3 Å². The number of aryl methyl sites for hydroxylation is 1. The number of thiazole rings is 1. The zero-order valence-electron chi connectivity index (χ0n) is 16.7. The highest BCUT2D eigenvalue weighted by Crippen LogP contribution is 2.30. The Balaban J connectivity index is 1.41. The van der Waals surface area contributed by atoms with Crippen LogP contribution < -0.4 is 10.1 Å². The molecular weight excluding hydrogens is 416 g/mol. The van der Waals surface area contributed by atoms with Crippen molar-refractivity contribution in [2.75, 3.05) is 12.9 Å². The second-order valence-electron chi connectivity index (χ2n) is 6.72. The van der Waals surface area contributed by atoms with Gasteiger partial charge in [-0.1, -0.05) is 36.0 Å². The van der Waals surface area contributed by atoms with Gasteiger partial charge in [0.15, 0.2) is 4.34 Å². The molecule has 1 N–H and O–H groups in total. The van der Waals surface area contributed by atoms with Crippen molar-refractivity contribution in [3.05, 3.63) is 72.3 Å². The van der Waals surface area contributed by atoms with Gasteiger partial charge < -0.3 is 14.6 Å². The summed E-state index contributed by atoms with van der Waals surface area (Å²) in [5, 5.41) is 3.13. The molecule has 2 aromatic carbocycles. The normalized spacial score (nSPS) is 12.1. The number of para-hydroxylation sites is 1. The second-order valence-corrected chi connectivity index (χ2v) is 9.09. The molecule has 1 atom stereocenters. The van der Waals surface area contributed by atoms with E-state index in [1.807, 2.05) is 60.3 Å². The van der Waals surface area contributed by atoms with E-state index >= 15 is 0 Å². The van der Waals surface area contributed by atoms with Crippen molar-refractivity contribution in [1.29, 1.82) is 0 Å². The molecule has 0 fully saturated rings. The van der Waals surface area contributed by atoms with Crippen LogP contribution in [-0.2, 0) is 11.8 Å². The van der Waals surface area contributed by atoms with Crippen LogP contribution in [0, 0.1) is 0 Å². The maximum absolute atomic E-state index is 12.7. The highest BCUT2D eigenvalue weighted by Gasteiger charge is 2.21. The average Bonchev–Trinajstić information content (AvgIpc) is 3.37. The number of aromatic nitrogens is 3. The van der Waals surface area contributed by atoms with Crippen LogP contribution in [0.2, 0.25) is 0 Å². The number of amides is 1. The predicted octanol–water partition coefficient (Wildman–Crippen LogP) is 4.43. The Kier molecular flexibility index (Phi) is 6.35. The van der Waals surface area contributed by atoms with Gasteiger partial charge in [-0.25, -0.2) is 9.97 Å². The fraction of sp³-hybridized carbons (Fsp3) is 0.227. The highest BCUT2D eigenvalue weighted by molar-refractivity contribution is 8.01. The molecular formula is C22H22N4O2S2. The number of ether oxygens (including phenoxy) is 1. The number of hydrogen-bond donors (Lipinski definition) is 1. The van der Waals surface area contributed by atoms with Crippen molar-refractivity contribution in [3.63, 3.8) is 0 Å². The van der Waals surface area contributed by atoms with Gasteiger partial charge in [0, 0.05) is 31.6 Å². The monoisotopic (exact) mass is 438 g/mol. The lowest BCUT2D eigenvalue weighted by molar-refractivity contribution is -0.121. The number of hydrogen-bond acceptors (Lipinski definition) is 6. The molecule has 1 amide bonds. The topological polar surface area (TPSA) is 69.0 Å². The number of nitrogens with one attached hydrogen (secondary N) is 1. The number of fused-ring (bicyclic) bond motifs is 1. The quantitative estimate of drug-likeness (QED) is 0.412. The number of carbonyl (C=O) groups is 1. The van der Waals surface area contributed by atoms with Gasteiger partial charge in [-0.3, -0.25) is 4.79 Å². The molecule has 4 rings (SSSR count). The van der Waals surface area contributed by atoms with E-state index in [0.717, 1.165) is 27.0 Å². The summed E-state index contributed by atoms with van der Waals surface area (Å²) in [5.41, 5.74) is 1.96. The minimum atomic E-state index is -0.323. The maximum atomic E-state index is 12.7. The molecule has 0 saturated heterocycles. The number of nitrogens with zero attached hydrogens (tertiary/aromatic N) is 3. The smallest absolute Gasteiger partial charge is 0.221 e. The lowest BCUT2D eigenvalue weighted by Crippen LogP contribution is -2.31. The minimum Gasteiger partial charge on any atom is -0.497 e. The molecule has 0 unspecified atom stereocenters. The molecule has 0 saturated carbocycles. The number of rotatable bonds is 8. The molecule has 0 spiro atoms. The van der Waals surface area contributed by atoms with Gasteiger partial charge in [-0.05, 0) is 29.8 Å². The number of imidazole rings is 1. The van der Waals surface area contributed by atoms with Gasteiger partial charge in [-0.2, -0.15) is 0 Å². The Morgan fingerprint density at radius 1 is 1.23 bits per heavy atom. The summed E-state index contributed by atoms with van der Waals surface area (Å²) >= 11 is 3.27. The second kappa shape index (κ2) is 9.32. The minimum absolute atomic E-state index is 0.0209. The van der Waals surface area contributed by atoms with Gasteiger partial charge >= 0.3 is 0 Å². The first-order valence-corrected chi connectivity index (χ1v) is 11.3. The molecule has 2 heterocycles. The summed E-state index contributed by atoms with van der Waals surface area (Å²) < 4.78 is 9.32. The van der Waals surface area contributed by atoms with Crippen molar-refractivity contribution in [2.45, 2.75) is 16.8 Å². The first kappa shape index (κ1) is 20.4. The molecule has 154 valence electrons. The SMILES string of the molecule is COc1ccc([C@@H](NC(=O)CCSc2nc3ccccc3s2)c2nccn2C)cc1. The van der Waals surface area contributed by atoms with Crippen LogP contribution in [0.25, 0.3) is 10.2 Å². The average molecular weight is 439 g/mol. The van der Waals surface area contributed by atoms with Gasteiger partial charge in [0.25, 0.3) is 0 Å². The highest BCUT2D eigenvalue weighted by atomic mass is 32.2. The lowest BCUT2D eigenvalue weighted by atomic mass is 10.1. The fourth-order valence-electron chi connectivity index (χ4n) is 3.13. The first-order valence-electron chi connectivity index (χ1n) is 9.53. The third-order valence-electron chi connectivity index (χ3n) is 4.70. The van der Waals surface area contributed by atoms with Crippen molar-refractivity contribution >= 4 is 39.2 Å². The predicted molar refractivity (Wildman–Crippen MR) is 121 cm³/mol. The molecule has 6 nitrogen and oxygen atoms in total. The molecule has 0 radical (unpaired) electrons. The third kappa shape index (κ3) is 4.66. The Morgan fingerprint density at radius 2 is 2.03 bits per heavy atom. The number of benzene rings is 2. The van der Waals surface area contributed by atoms with Crippen molar-refractivity contribution in [1.82, 2.24) is 19.9 Å². The fourth-order valence-corrected chi connectivity index (χ4v) is 5.20. The standard InChI is InChI=1S/C22H22N4O2S2/c1-26-13-12-23-21(26)20(15-7-9-16(28-2)10-8-15)25-19(27)11-14-29-22-24-17-5-3-4-6-18(17)30-22/h3-10,12-13,20H,11,14H2,1-2H3,(H,25,27)/t20-/m1/s1. The Morgan fingerprint density at radius 3 is 2.73 bits per heavy atom. The van der Waals surface area contributed by atoms with Gasteiger partial charge in [0.1, 0.15) is 17.6 Å². The summed E-state index contributed by atoms with van der Waals surface area (Å²) in [7, 11) is 3.56. The molecule has 0 aliphatic heterocycles. The van der Waals surface area contributed by atoms with Gasteiger partial charge in [0.2, 0.25) is 5.91 Å². The van der Waals surface area contributed by atoms with Crippen molar-refractivity contribution in [2.24, 2.45) is 7.05 Å². The van der Waals surface area contributed by atoms with Crippen LogP contribution in [0.5, 0.6) is 5.75 Å². The van der Waals surface area contributed by atoms with Crippen molar-refractivity contribution < 1.29 is 9.53 Å². The third-order valence-corrected chi connectivity index (χ3v) is 6.88. The Bertz CT molecular complexity index is 1100. The molecule has 4 aromatic rings. The van der Waals surface area contributed by atoms with Crippen LogP contribution >= 0.6 is 23.1 Å². The summed E-state index contributed by atoms with van der Waals surface area (Å²) in [5.74, 6) is 2.21. The molecule has 30 heavy (non-hydrogen) atoms. The van der Waals surface area contributed by atoms with Gasteiger partial charge in [-0.15, -0.1) is 11.3 Å². The summed E-state index contributed by atoms with van der Waals surface area (Å²) in [4.78, 5) is 21.8. The zero-order valence-corrected chi connectivity index (χ0v) is 18.4. The van der Waals surface area contributed by atoms with Gasteiger partial charge in [0.05, 0.1) is 17.3 Å². The van der Waals surface area contributed by atoms with Crippen LogP contribution in [0.3, 0.4) is 0 Å². The van der Waals surface area contributed by atoms with E-state index in [-0.39, 0.29) is 11.9 Å². The summed E-state index contributed by atoms with van der Waals surface area (Å²) in [6, 6.07) is 15.4. The molecule has 8 heteroatoms. The van der Waals surface area contributed by atoms with Crippen LogP contribution in [0.1, 0.15) is 23.9 Å². The number of methoxy groups -OCH3 is 1. The Labute approximate surface area is 183 Å². The van der Waals surface area contributed by atoms with E-state index in [2.05, 4.69) is 21.4 Å². The van der Waals surface area contributed by atoms with E-state index < -0.39 is 0 Å². The van der Waals surface area contributed by atoms with E-state index in [9.17, 15) is 4.79 Å². The van der Waals surface area contributed by atoms with Crippen molar-refractivity contribution in [3.8, 4) is 5.75 Å². The van der Waals surface area contributed by atoms with E-state index in [4.69, 9.17) is 4.74 Å². The number of thioether (sulfide) groups is 1. The largest absolute Gasteiger partial charge is 0.497 e. The zero-order chi connectivity index (χ0) is 20.9. The van der Waals surface area contributed by atoms with E-state index in [0.29, 0.717) is 12.2 Å². The maximum Gasteiger partial charge on any atom is 0.221 e. The van der Waals surface area contributed by atoms with Crippen LogP contribution in [0.4, 0.5) is 0 Å². The number of carbonyl (C=O) groups excluding carboxylic acids is 1. The molecule has 0 aliphatic carbocycles. The van der Waals surface area contributed by atoms with E-state index in [1.54, 1.807) is 36.4 Å². The molecule has 2 aromatic heterocycles. The summed E-state index contributed by atoms with van der Waals surface area (Å²) in [6.07, 6.45) is 4.01. The summed E-state index contributed by atoms with van der Waals surface area (Å²) in [6.45, 7) is 0. The van der Waals surface area contributed by atoms with Crippen LogP contribution in [0.15, 0.2) is 65.3 Å². The van der Waals surface area contributed by atoms with E-state index in [1.165, 1.54) is 4.70 Å². The molecule has 0 aliphatic rings. The Hall–Kier alpha value is -2.84.